The van der Waals surface area contributed by atoms with Crippen LogP contribution < -0.4 is 10.5 Å². The number of amides is 1. The highest BCUT2D eigenvalue weighted by atomic mass is 32.2. The van der Waals surface area contributed by atoms with Crippen molar-refractivity contribution in [3.63, 3.8) is 0 Å². The van der Waals surface area contributed by atoms with Crippen LogP contribution in [-0.4, -0.2) is 56.3 Å². The van der Waals surface area contributed by atoms with Gasteiger partial charge in [-0.3, -0.25) is 14.6 Å². The van der Waals surface area contributed by atoms with Gasteiger partial charge in [-0.1, -0.05) is 36.4 Å². The van der Waals surface area contributed by atoms with Gasteiger partial charge in [-0.2, -0.15) is 0 Å². The summed E-state index contributed by atoms with van der Waals surface area (Å²) in [6, 6.07) is 16.0. The van der Waals surface area contributed by atoms with Crippen LogP contribution >= 0.6 is 0 Å². The first-order chi connectivity index (χ1) is 13.3. The molecular weight excluding hydrogens is 376 g/mol. The maximum Gasteiger partial charge on any atom is 0.241 e. The number of primary sulfonamides is 1. The molecule has 2 aromatic rings. The molecule has 150 valence electrons. The zero-order chi connectivity index (χ0) is 20.1. The molecule has 1 aliphatic rings. The van der Waals surface area contributed by atoms with Crippen molar-refractivity contribution >= 4 is 21.6 Å². The third-order valence-corrected chi connectivity index (χ3v) is 5.92. The molecule has 3 rings (SSSR count). The van der Waals surface area contributed by atoms with Crippen LogP contribution in [0, 0.1) is 0 Å². The maximum atomic E-state index is 12.6. The summed E-state index contributed by atoms with van der Waals surface area (Å²) in [6.07, 6.45) is 0. The Balaban J connectivity index is 1.53. The second-order valence-electron chi connectivity index (χ2n) is 7.04. The third kappa shape index (κ3) is 5.39. The fourth-order valence-corrected chi connectivity index (χ4v) is 3.87. The van der Waals surface area contributed by atoms with Crippen LogP contribution in [-0.2, 0) is 21.4 Å². The number of anilines is 1. The molecule has 7 nitrogen and oxygen atoms in total. The van der Waals surface area contributed by atoms with Crippen LogP contribution in [0.5, 0.6) is 0 Å². The fourth-order valence-electron chi connectivity index (χ4n) is 3.31. The van der Waals surface area contributed by atoms with E-state index >= 15 is 0 Å². The molecule has 0 aliphatic carbocycles. The quantitative estimate of drug-likeness (QED) is 0.763. The fraction of sp³-hybridized carbons (Fsp3) is 0.350. The molecule has 8 heteroatoms. The average Bonchev–Trinajstić information content (AvgIpc) is 2.68. The first kappa shape index (κ1) is 20.5. The molecular formula is C20H26N4O3S. The van der Waals surface area contributed by atoms with Crippen molar-refractivity contribution in [2.24, 2.45) is 5.14 Å². The molecule has 1 saturated heterocycles. The molecule has 0 bridgehead atoms. The van der Waals surface area contributed by atoms with Gasteiger partial charge in [0.25, 0.3) is 0 Å². The van der Waals surface area contributed by atoms with Gasteiger partial charge in [-0.15, -0.1) is 0 Å². The van der Waals surface area contributed by atoms with Crippen molar-refractivity contribution in [2.45, 2.75) is 24.4 Å². The highest BCUT2D eigenvalue weighted by molar-refractivity contribution is 7.89. The molecule has 0 unspecified atom stereocenters. The molecule has 0 saturated carbocycles. The van der Waals surface area contributed by atoms with Crippen LogP contribution in [0.4, 0.5) is 5.69 Å². The Labute approximate surface area is 166 Å². The number of sulfonamides is 1. The third-order valence-electron chi connectivity index (χ3n) is 5.01. The first-order valence-electron chi connectivity index (χ1n) is 9.27. The van der Waals surface area contributed by atoms with E-state index in [2.05, 4.69) is 27.2 Å². The number of nitrogens with one attached hydrogen (secondary N) is 1. The second kappa shape index (κ2) is 8.83. The molecule has 1 atom stereocenters. The number of hydrogen-bond donors (Lipinski definition) is 2. The summed E-state index contributed by atoms with van der Waals surface area (Å²) < 4.78 is 22.9. The summed E-state index contributed by atoms with van der Waals surface area (Å²) in [5.41, 5.74) is 1.71. The molecule has 1 aliphatic heterocycles. The number of piperazine rings is 1. The van der Waals surface area contributed by atoms with Crippen molar-refractivity contribution in [3.8, 4) is 0 Å². The van der Waals surface area contributed by atoms with E-state index < -0.39 is 10.0 Å². The summed E-state index contributed by atoms with van der Waals surface area (Å²) in [7, 11) is -3.80. The standard InChI is InChI=1S/C20H26N4O3S/c1-16(20(25)22-18-8-5-9-19(14-18)28(21,26)27)24-12-10-23(11-13-24)15-17-6-3-2-4-7-17/h2-9,14,16H,10-13,15H2,1H3,(H,22,25)(H2,21,26,27)/t16-/m1/s1. The predicted molar refractivity (Wildman–Crippen MR) is 109 cm³/mol. The molecule has 1 amide bonds. The van der Waals surface area contributed by atoms with Crippen LogP contribution in [0.3, 0.4) is 0 Å². The number of benzene rings is 2. The van der Waals surface area contributed by atoms with Crippen molar-refractivity contribution in [1.29, 1.82) is 0 Å². The number of rotatable bonds is 6. The van der Waals surface area contributed by atoms with Gasteiger partial charge in [0.05, 0.1) is 10.9 Å². The maximum absolute atomic E-state index is 12.6. The molecule has 0 spiro atoms. The zero-order valence-electron chi connectivity index (χ0n) is 15.9. The topological polar surface area (TPSA) is 95.7 Å². The van der Waals surface area contributed by atoms with E-state index in [1.165, 1.54) is 17.7 Å². The van der Waals surface area contributed by atoms with Gasteiger partial charge in [0.1, 0.15) is 0 Å². The molecule has 0 aromatic heterocycles. The van der Waals surface area contributed by atoms with E-state index in [0.29, 0.717) is 5.69 Å². The largest absolute Gasteiger partial charge is 0.325 e. The van der Waals surface area contributed by atoms with Gasteiger partial charge >= 0.3 is 0 Å². The second-order valence-corrected chi connectivity index (χ2v) is 8.60. The van der Waals surface area contributed by atoms with Gasteiger partial charge < -0.3 is 5.32 Å². The summed E-state index contributed by atoms with van der Waals surface area (Å²) in [6.45, 7) is 6.18. The predicted octanol–water partition coefficient (Wildman–Crippen LogP) is 1.48. The van der Waals surface area contributed by atoms with Gasteiger partial charge in [-0.25, -0.2) is 13.6 Å². The van der Waals surface area contributed by atoms with Crippen molar-refractivity contribution in [2.75, 3.05) is 31.5 Å². The highest BCUT2D eigenvalue weighted by Gasteiger charge is 2.25. The Kier molecular flexibility index (Phi) is 6.46. The Morgan fingerprint density at radius 2 is 1.75 bits per heavy atom. The molecule has 2 aromatic carbocycles. The lowest BCUT2D eigenvalue weighted by atomic mass is 10.1. The smallest absolute Gasteiger partial charge is 0.241 e. The lowest BCUT2D eigenvalue weighted by Crippen LogP contribution is -2.52. The first-order valence-corrected chi connectivity index (χ1v) is 10.8. The Morgan fingerprint density at radius 1 is 1.07 bits per heavy atom. The summed E-state index contributed by atoms with van der Waals surface area (Å²) in [5.74, 6) is -0.164. The Hall–Kier alpha value is -2.26. The SMILES string of the molecule is C[C@H](C(=O)Nc1cccc(S(N)(=O)=O)c1)N1CCN(Cc2ccccc2)CC1. The van der Waals surface area contributed by atoms with Crippen molar-refractivity contribution in [1.82, 2.24) is 9.80 Å². The molecule has 0 radical (unpaired) electrons. The monoisotopic (exact) mass is 402 g/mol. The van der Waals surface area contributed by atoms with Crippen molar-refractivity contribution < 1.29 is 13.2 Å². The van der Waals surface area contributed by atoms with Crippen LogP contribution in [0.25, 0.3) is 0 Å². The number of carbonyl (C=O) groups is 1. The van der Waals surface area contributed by atoms with Gasteiger partial charge in [0.2, 0.25) is 15.9 Å². The molecule has 1 heterocycles. The lowest BCUT2D eigenvalue weighted by Gasteiger charge is -2.37. The minimum Gasteiger partial charge on any atom is -0.325 e. The summed E-state index contributed by atoms with van der Waals surface area (Å²) >= 11 is 0. The van der Waals surface area contributed by atoms with Gasteiger partial charge in [0, 0.05) is 38.4 Å². The van der Waals surface area contributed by atoms with Crippen molar-refractivity contribution in [3.05, 3.63) is 60.2 Å². The van der Waals surface area contributed by atoms with Crippen LogP contribution in [0.1, 0.15) is 12.5 Å². The summed E-state index contributed by atoms with van der Waals surface area (Å²) in [5, 5.41) is 7.94. The van der Waals surface area contributed by atoms with Crippen LogP contribution in [0.15, 0.2) is 59.5 Å². The van der Waals surface area contributed by atoms with Gasteiger partial charge in [-0.05, 0) is 30.7 Å². The Bertz CT molecular complexity index is 910. The average molecular weight is 403 g/mol. The van der Waals surface area contributed by atoms with E-state index in [1.54, 1.807) is 12.1 Å². The van der Waals surface area contributed by atoms with E-state index in [0.717, 1.165) is 32.7 Å². The lowest BCUT2D eigenvalue weighted by molar-refractivity contribution is -0.121. The molecule has 1 fully saturated rings. The van der Waals surface area contributed by atoms with E-state index in [-0.39, 0.29) is 16.8 Å². The van der Waals surface area contributed by atoms with Gasteiger partial charge in [0.15, 0.2) is 0 Å². The molecule has 3 N–H and O–H groups in total. The van der Waals surface area contributed by atoms with E-state index in [4.69, 9.17) is 5.14 Å². The minimum absolute atomic E-state index is 0.0209. The zero-order valence-corrected chi connectivity index (χ0v) is 16.7. The number of nitrogens with two attached hydrogens (primary N) is 1. The molecule has 28 heavy (non-hydrogen) atoms. The minimum atomic E-state index is -3.80. The number of hydrogen-bond acceptors (Lipinski definition) is 5. The van der Waals surface area contributed by atoms with E-state index in [1.807, 2.05) is 25.1 Å². The highest BCUT2D eigenvalue weighted by Crippen LogP contribution is 2.16. The number of carbonyl (C=O) groups excluding carboxylic acids is 1. The number of nitrogens with zero attached hydrogens (tertiary/aromatic N) is 2. The normalized spacial score (nSPS) is 17.2. The van der Waals surface area contributed by atoms with Crippen LogP contribution in [0.2, 0.25) is 0 Å². The summed E-state index contributed by atoms with van der Waals surface area (Å²) in [4.78, 5) is 17.1. The van der Waals surface area contributed by atoms with E-state index in [9.17, 15) is 13.2 Å². The Morgan fingerprint density at radius 3 is 2.39 bits per heavy atom.